The number of unbranched alkanes of at least 4 members (excludes halogenated alkanes) is 40. The molecule has 6 heteroatoms. The van der Waals surface area contributed by atoms with Crippen molar-refractivity contribution in [2.75, 3.05) is 13.2 Å². The van der Waals surface area contributed by atoms with Crippen molar-refractivity contribution in [3.8, 4) is 0 Å². The van der Waals surface area contributed by atoms with E-state index in [1.807, 2.05) is 0 Å². The van der Waals surface area contributed by atoms with E-state index in [0.717, 1.165) is 83.5 Å². The summed E-state index contributed by atoms with van der Waals surface area (Å²) in [5.41, 5.74) is 0. The van der Waals surface area contributed by atoms with E-state index in [2.05, 4.69) is 45.1 Å². The molecule has 0 saturated carbocycles. The zero-order valence-corrected chi connectivity index (χ0v) is 45.2. The van der Waals surface area contributed by atoms with Gasteiger partial charge in [-0.05, 0) is 44.9 Å². The van der Waals surface area contributed by atoms with Gasteiger partial charge in [-0.25, -0.2) is 0 Å². The maximum absolute atomic E-state index is 12.8. The van der Waals surface area contributed by atoms with Gasteiger partial charge in [-0.1, -0.05) is 289 Å². The van der Waals surface area contributed by atoms with Crippen LogP contribution in [-0.4, -0.2) is 37.2 Å². The van der Waals surface area contributed by atoms with Crippen LogP contribution in [0.15, 0.2) is 24.3 Å². The van der Waals surface area contributed by atoms with Crippen LogP contribution in [0.4, 0.5) is 0 Å². The number of esters is 3. The zero-order valence-electron chi connectivity index (χ0n) is 45.2. The molecule has 0 spiro atoms. The summed E-state index contributed by atoms with van der Waals surface area (Å²) in [6.45, 7) is 6.62. The Bertz CT molecular complexity index is 1080. The summed E-state index contributed by atoms with van der Waals surface area (Å²) >= 11 is 0. The fourth-order valence-electron chi connectivity index (χ4n) is 8.93. The van der Waals surface area contributed by atoms with Crippen molar-refractivity contribution < 1.29 is 28.6 Å². The average Bonchev–Trinajstić information content (AvgIpc) is 3.33. The Morgan fingerprint density at radius 3 is 0.866 bits per heavy atom. The summed E-state index contributed by atoms with van der Waals surface area (Å²) in [6.07, 6.45) is 66.2. The van der Waals surface area contributed by atoms with Crippen molar-refractivity contribution in [1.82, 2.24) is 0 Å². The van der Waals surface area contributed by atoms with Crippen LogP contribution in [-0.2, 0) is 28.6 Å². The summed E-state index contributed by atoms with van der Waals surface area (Å²) in [6, 6.07) is 0. The maximum atomic E-state index is 12.8. The Balaban J connectivity index is 4.15. The fraction of sp³-hybridized carbons (Fsp3) is 0.885. The minimum absolute atomic E-state index is 0.0718. The number of rotatable bonds is 55. The number of ether oxygens (including phenoxy) is 3. The van der Waals surface area contributed by atoms with Gasteiger partial charge >= 0.3 is 17.9 Å². The molecule has 0 bridgehead atoms. The molecule has 0 aliphatic rings. The first kappa shape index (κ1) is 64.9. The van der Waals surface area contributed by atoms with Gasteiger partial charge < -0.3 is 14.2 Å². The second-order valence-corrected chi connectivity index (χ2v) is 20.3. The molecule has 0 heterocycles. The van der Waals surface area contributed by atoms with Crippen LogP contribution < -0.4 is 0 Å². The standard InChI is InChI=1S/C61H114O6/c1-4-7-10-13-16-19-22-24-26-27-28-29-30-31-32-33-34-35-36-38-39-42-45-48-51-54-60(63)66-57-58(56-65-59(62)53-50-47-44-41-21-18-15-12-9-6-3)67-61(64)55-52-49-46-43-40-37-25-23-20-17-14-11-8-5-2/h14,17,23,25,58H,4-13,15-16,18-22,24,26-57H2,1-3H3/b17-14-,25-23-. The molecular formula is C61H114O6. The Kier molecular flexibility index (Phi) is 54.7. The molecule has 0 aliphatic carbocycles. The maximum Gasteiger partial charge on any atom is 0.306 e. The van der Waals surface area contributed by atoms with Crippen LogP contribution in [0.3, 0.4) is 0 Å². The first-order valence-corrected chi connectivity index (χ1v) is 29.8. The van der Waals surface area contributed by atoms with E-state index >= 15 is 0 Å². The number of carbonyl (C=O) groups excluding carboxylic acids is 3. The van der Waals surface area contributed by atoms with Crippen LogP contribution in [0.2, 0.25) is 0 Å². The summed E-state index contributed by atoms with van der Waals surface area (Å²) in [5, 5.41) is 0. The van der Waals surface area contributed by atoms with Crippen molar-refractivity contribution >= 4 is 17.9 Å². The Morgan fingerprint density at radius 2 is 0.552 bits per heavy atom. The molecule has 1 unspecified atom stereocenters. The summed E-state index contributed by atoms with van der Waals surface area (Å²) in [4.78, 5) is 38.0. The molecule has 6 nitrogen and oxygen atoms in total. The van der Waals surface area contributed by atoms with Crippen molar-refractivity contribution in [1.29, 1.82) is 0 Å². The summed E-state index contributed by atoms with van der Waals surface area (Å²) in [5.74, 6) is -0.868. The highest BCUT2D eigenvalue weighted by molar-refractivity contribution is 5.71. The van der Waals surface area contributed by atoms with Gasteiger partial charge in [0.2, 0.25) is 0 Å². The lowest BCUT2D eigenvalue weighted by molar-refractivity contribution is -0.167. The molecule has 0 aromatic heterocycles. The van der Waals surface area contributed by atoms with Gasteiger partial charge in [-0.2, -0.15) is 0 Å². The summed E-state index contributed by atoms with van der Waals surface area (Å²) in [7, 11) is 0. The van der Waals surface area contributed by atoms with Gasteiger partial charge in [0.05, 0.1) is 0 Å². The normalized spacial score (nSPS) is 12.1. The van der Waals surface area contributed by atoms with Crippen LogP contribution in [0.1, 0.15) is 329 Å². The molecule has 0 rings (SSSR count). The SMILES string of the molecule is CCCC/C=C\C/C=C\CCCCCCCC(=O)OC(COC(=O)CCCCCCCCCCCC)COC(=O)CCCCCCCCCCCCCCCCCCCCCCCCCCC. The largest absolute Gasteiger partial charge is 0.462 e. The minimum atomic E-state index is -0.773. The van der Waals surface area contributed by atoms with E-state index in [0.29, 0.717) is 19.3 Å². The molecule has 0 fully saturated rings. The average molecular weight is 944 g/mol. The van der Waals surface area contributed by atoms with Crippen molar-refractivity contribution in [2.45, 2.75) is 335 Å². The van der Waals surface area contributed by atoms with Gasteiger partial charge in [0.15, 0.2) is 6.10 Å². The van der Waals surface area contributed by atoms with E-state index in [1.165, 1.54) is 205 Å². The molecule has 0 N–H and O–H groups in total. The van der Waals surface area contributed by atoms with Gasteiger partial charge in [0.1, 0.15) is 13.2 Å². The molecule has 0 aromatic carbocycles. The topological polar surface area (TPSA) is 78.9 Å². The monoisotopic (exact) mass is 943 g/mol. The molecule has 0 aromatic rings. The van der Waals surface area contributed by atoms with E-state index in [9.17, 15) is 14.4 Å². The smallest absolute Gasteiger partial charge is 0.306 e. The number of allylic oxidation sites excluding steroid dienone is 4. The van der Waals surface area contributed by atoms with Gasteiger partial charge in [0, 0.05) is 19.3 Å². The lowest BCUT2D eigenvalue weighted by Gasteiger charge is -2.18. The molecule has 0 amide bonds. The zero-order chi connectivity index (χ0) is 48.6. The Hall–Kier alpha value is -2.11. The number of hydrogen-bond donors (Lipinski definition) is 0. The van der Waals surface area contributed by atoms with Gasteiger partial charge in [-0.3, -0.25) is 14.4 Å². The first-order chi connectivity index (χ1) is 33.0. The predicted octanol–water partition coefficient (Wildman–Crippen LogP) is 19.9. The molecule has 0 radical (unpaired) electrons. The molecule has 0 aliphatic heterocycles. The highest BCUT2D eigenvalue weighted by Crippen LogP contribution is 2.17. The third-order valence-corrected chi connectivity index (χ3v) is 13.5. The molecular weight excluding hydrogens is 829 g/mol. The second-order valence-electron chi connectivity index (χ2n) is 20.3. The Morgan fingerprint density at radius 1 is 0.299 bits per heavy atom. The van der Waals surface area contributed by atoms with Crippen LogP contribution >= 0.6 is 0 Å². The van der Waals surface area contributed by atoms with Crippen molar-refractivity contribution in [2.24, 2.45) is 0 Å². The van der Waals surface area contributed by atoms with Crippen molar-refractivity contribution in [3.05, 3.63) is 24.3 Å². The number of carbonyl (C=O) groups is 3. The highest BCUT2D eigenvalue weighted by atomic mass is 16.6. The lowest BCUT2D eigenvalue weighted by atomic mass is 10.0. The molecule has 67 heavy (non-hydrogen) atoms. The van der Waals surface area contributed by atoms with Crippen LogP contribution in [0, 0.1) is 0 Å². The third kappa shape index (κ3) is 54.7. The number of hydrogen-bond acceptors (Lipinski definition) is 6. The third-order valence-electron chi connectivity index (χ3n) is 13.5. The first-order valence-electron chi connectivity index (χ1n) is 29.8. The minimum Gasteiger partial charge on any atom is -0.462 e. The van der Waals surface area contributed by atoms with E-state index in [1.54, 1.807) is 0 Å². The van der Waals surface area contributed by atoms with Gasteiger partial charge in [-0.15, -0.1) is 0 Å². The lowest BCUT2D eigenvalue weighted by Crippen LogP contribution is -2.30. The molecule has 0 saturated heterocycles. The van der Waals surface area contributed by atoms with Crippen LogP contribution in [0.5, 0.6) is 0 Å². The van der Waals surface area contributed by atoms with Crippen molar-refractivity contribution in [3.63, 3.8) is 0 Å². The quantitative estimate of drug-likeness (QED) is 0.0262. The predicted molar refractivity (Wildman–Crippen MR) is 289 cm³/mol. The summed E-state index contributed by atoms with van der Waals surface area (Å²) < 4.78 is 16.8. The molecule has 1 atom stereocenters. The highest BCUT2D eigenvalue weighted by Gasteiger charge is 2.19. The van der Waals surface area contributed by atoms with Gasteiger partial charge in [0.25, 0.3) is 0 Å². The van der Waals surface area contributed by atoms with Crippen LogP contribution in [0.25, 0.3) is 0 Å². The van der Waals surface area contributed by atoms with E-state index < -0.39 is 6.10 Å². The van der Waals surface area contributed by atoms with E-state index in [-0.39, 0.29) is 31.1 Å². The Labute approximate surface area is 417 Å². The fourth-order valence-corrected chi connectivity index (χ4v) is 8.93. The second kappa shape index (κ2) is 56.5. The van der Waals surface area contributed by atoms with E-state index in [4.69, 9.17) is 14.2 Å². The molecule has 394 valence electrons.